The van der Waals surface area contributed by atoms with Crippen molar-refractivity contribution in [2.45, 2.75) is 0 Å². The second-order valence-electron chi connectivity index (χ2n) is 3.83. The van der Waals surface area contributed by atoms with Gasteiger partial charge in [0.1, 0.15) is 11.6 Å². The number of methoxy groups -OCH3 is 1. The molecular formula is C13H15ClN2O. The lowest BCUT2D eigenvalue weighted by molar-refractivity contribution is 0.415. The van der Waals surface area contributed by atoms with Gasteiger partial charge in [0.15, 0.2) is 0 Å². The summed E-state index contributed by atoms with van der Waals surface area (Å²) in [7, 11) is 3.66. The summed E-state index contributed by atoms with van der Waals surface area (Å²) in [6.07, 6.45) is 1.81. The number of nitrogens with zero attached hydrogens (tertiary/aromatic N) is 2. The topological polar surface area (TPSA) is 25.4 Å². The molecule has 3 nitrogen and oxygen atoms in total. The lowest BCUT2D eigenvalue weighted by Gasteiger charge is -2.18. The van der Waals surface area contributed by atoms with E-state index in [1.807, 2.05) is 37.5 Å². The summed E-state index contributed by atoms with van der Waals surface area (Å²) in [5.74, 6) is 2.35. The second kappa shape index (κ2) is 5.23. The Bertz CT molecular complexity index is 516. The molecule has 2 aromatic rings. The molecule has 0 aliphatic rings. The van der Waals surface area contributed by atoms with Crippen LogP contribution in [0.2, 0.25) is 0 Å². The van der Waals surface area contributed by atoms with Crippen LogP contribution in [-0.2, 0) is 0 Å². The quantitative estimate of drug-likeness (QED) is 0.781. The maximum absolute atomic E-state index is 5.76. The number of hydrogen-bond donors (Lipinski definition) is 0. The standard InChI is InChI=1S/C13H15ClN2O/c1-16(8-6-14)13-12-9-11(17-2)4-3-10(12)5-7-15-13/h3-5,7,9H,6,8H2,1-2H3. The summed E-state index contributed by atoms with van der Waals surface area (Å²) in [6.45, 7) is 0.769. The fourth-order valence-corrected chi connectivity index (χ4v) is 2.05. The van der Waals surface area contributed by atoms with Crippen LogP contribution in [0, 0.1) is 0 Å². The first-order valence-corrected chi connectivity index (χ1v) is 5.99. The van der Waals surface area contributed by atoms with Crippen molar-refractivity contribution >= 4 is 28.2 Å². The van der Waals surface area contributed by atoms with E-state index < -0.39 is 0 Å². The Labute approximate surface area is 106 Å². The van der Waals surface area contributed by atoms with Crippen LogP contribution >= 0.6 is 11.6 Å². The van der Waals surface area contributed by atoms with Crippen molar-refractivity contribution in [1.82, 2.24) is 4.98 Å². The third kappa shape index (κ3) is 2.44. The highest BCUT2D eigenvalue weighted by Gasteiger charge is 2.07. The van der Waals surface area contributed by atoms with E-state index in [4.69, 9.17) is 16.3 Å². The zero-order chi connectivity index (χ0) is 12.3. The Morgan fingerprint density at radius 2 is 2.18 bits per heavy atom. The third-order valence-electron chi connectivity index (χ3n) is 2.73. The van der Waals surface area contributed by atoms with Crippen LogP contribution in [0.5, 0.6) is 5.75 Å². The molecule has 4 heteroatoms. The zero-order valence-electron chi connectivity index (χ0n) is 9.98. The minimum Gasteiger partial charge on any atom is -0.497 e. The summed E-state index contributed by atoms with van der Waals surface area (Å²) in [5, 5.41) is 2.23. The van der Waals surface area contributed by atoms with Crippen molar-refractivity contribution < 1.29 is 4.74 Å². The predicted molar refractivity (Wildman–Crippen MR) is 72.3 cm³/mol. The van der Waals surface area contributed by atoms with Gasteiger partial charge in [-0.05, 0) is 23.6 Å². The maximum atomic E-state index is 5.76. The minimum absolute atomic E-state index is 0.582. The van der Waals surface area contributed by atoms with Crippen LogP contribution in [0.25, 0.3) is 10.8 Å². The molecule has 0 N–H and O–H groups in total. The molecule has 0 atom stereocenters. The lowest BCUT2D eigenvalue weighted by Crippen LogP contribution is -2.20. The lowest BCUT2D eigenvalue weighted by atomic mass is 10.1. The van der Waals surface area contributed by atoms with Crippen molar-refractivity contribution in [3.05, 3.63) is 30.5 Å². The number of halogens is 1. The first-order valence-electron chi connectivity index (χ1n) is 5.46. The molecule has 1 aromatic carbocycles. The van der Waals surface area contributed by atoms with Gasteiger partial charge in [0.05, 0.1) is 7.11 Å². The van der Waals surface area contributed by atoms with Crippen molar-refractivity contribution in [3.8, 4) is 5.75 Å². The van der Waals surface area contributed by atoms with Gasteiger partial charge in [-0.15, -0.1) is 11.6 Å². The minimum atomic E-state index is 0.582. The van der Waals surface area contributed by atoms with E-state index in [-0.39, 0.29) is 0 Å². The van der Waals surface area contributed by atoms with Crippen LogP contribution in [0.4, 0.5) is 5.82 Å². The highest BCUT2D eigenvalue weighted by molar-refractivity contribution is 6.18. The van der Waals surface area contributed by atoms with Crippen LogP contribution < -0.4 is 9.64 Å². The molecule has 17 heavy (non-hydrogen) atoms. The van der Waals surface area contributed by atoms with E-state index in [1.54, 1.807) is 7.11 Å². The summed E-state index contributed by atoms with van der Waals surface area (Å²) in [5.41, 5.74) is 0. The highest BCUT2D eigenvalue weighted by atomic mass is 35.5. The first-order chi connectivity index (χ1) is 8.26. The van der Waals surface area contributed by atoms with E-state index >= 15 is 0 Å². The molecule has 0 spiro atoms. The SMILES string of the molecule is COc1ccc2ccnc(N(C)CCCl)c2c1. The first kappa shape index (κ1) is 12.0. The number of pyridine rings is 1. The number of aromatic nitrogens is 1. The number of rotatable bonds is 4. The van der Waals surface area contributed by atoms with Gasteiger partial charge in [0.25, 0.3) is 0 Å². The zero-order valence-corrected chi connectivity index (χ0v) is 10.7. The van der Waals surface area contributed by atoms with E-state index in [0.29, 0.717) is 5.88 Å². The van der Waals surface area contributed by atoms with E-state index in [9.17, 15) is 0 Å². The fraction of sp³-hybridized carbons (Fsp3) is 0.308. The van der Waals surface area contributed by atoms with Gasteiger partial charge in [-0.1, -0.05) is 6.07 Å². The fourth-order valence-electron chi connectivity index (χ4n) is 1.80. The van der Waals surface area contributed by atoms with E-state index in [0.717, 1.165) is 28.9 Å². The molecule has 0 unspecified atom stereocenters. The summed E-state index contributed by atoms with van der Waals surface area (Å²) < 4.78 is 5.24. The highest BCUT2D eigenvalue weighted by Crippen LogP contribution is 2.27. The molecule has 0 amide bonds. The molecule has 0 aliphatic carbocycles. The predicted octanol–water partition coefficient (Wildman–Crippen LogP) is 2.92. The van der Waals surface area contributed by atoms with Crippen LogP contribution in [0.15, 0.2) is 30.5 Å². The average Bonchev–Trinajstić information content (AvgIpc) is 2.37. The van der Waals surface area contributed by atoms with Gasteiger partial charge in [0, 0.05) is 31.1 Å². The van der Waals surface area contributed by atoms with Gasteiger partial charge < -0.3 is 9.64 Å². The molecule has 0 fully saturated rings. The molecule has 90 valence electrons. The summed E-state index contributed by atoms with van der Waals surface area (Å²) in [4.78, 5) is 6.46. The molecule has 0 bridgehead atoms. The molecule has 0 aliphatic heterocycles. The Balaban J connectivity index is 2.54. The molecule has 0 saturated heterocycles. The summed E-state index contributed by atoms with van der Waals surface area (Å²) in [6, 6.07) is 7.98. The molecule has 1 aromatic heterocycles. The number of anilines is 1. The Hall–Kier alpha value is -1.48. The number of benzene rings is 1. The van der Waals surface area contributed by atoms with Crippen molar-refractivity contribution in [3.63, 3.8) is 0 Å². The molecule has 0 radical (unpaired) electrons. The monoisotopic (exact) mass is 250 g/mol. The van der Waals surface area contributed by atoms with Gasteiger partial charge >= 0.3 is 0 Å². The molecule has 2 rings (SSSR count). The van der Waals surface area contributed by atoms with Crippen LogP contribution in [0.3, 0.4) is 0 Å². The van der Waals surface area contributed by atoms with E-state index in [2.05, 4.69) is 9.88 Å². The number of hydrogen-bond acceptors (Lipinski definition) is 3. The molecule has 0 saturated carbocycles. The Kier molecular flexibility index (Phi) is 3.69. The average molecular weight is 251 g/mol. The van der Waals surface area contributed by atoms with Gasteiger partial charge in [0.2, 0.25) is 0 Å². The van der Waals surface area contributed by atoms with Crippen LogP contribution in [-0.4, -0.2) is 31.6 Å². The smallest absolute Gasteiger partial charge is 0.136 e. The summed E-state index contributed by atoms with van der Waals surface area (Å²) >= 11 is 5.76. The Morgan fingerprint density at radius 3 is 2.88 bits per heavy atom. The van der Waals surface area contributed by atoms with E-state index in [1.165, 1.54) is 0 Å². The van der Waals surface area contributed by atoms with Crippen molar-refractivity contribution in [2.24, 2.45) is 0 Å². The second-order valence-corrected chi connectivity index (χ2v) is 4.21. The van der Waals surface area contributed by atoms with Gasteiger partial charge in [-0.25, -0.2) is 4.98 Å². The van der Waals surface area contributed by atoms with Gasteiger partial charge in [-0.3, -0.25) is 0 Å². The van der Waals surface area contributed by atoms with Gasteiger partial charge in [-0.2, -0.15) is 0 Å². The number of alkyl halides is 1. The number of fused-ring (bicyclic) bond motifs is 1. The van der Waals surface area contributed by atoms with Crippen LogP contribution in [0.1, 0.15) is 0 Å². The molecule has 1 heterocycles. The Morgan fingerprint density at radius 1 is 1.35 bits per heavy atom. The largest absolute Gasteiger partial charge is 0.497 e. The maximum Gasteiger partial charge on any atom is 0.136 e. The van der Waals surface area contributed by atoms with Crippen molar-refractivity contribution in [2.75, 3.05) is 31.5 Å². The number of ether oxygens (including phenoxy) is 1. The normalized spacial score (nSPS) is 10.5. The third-order valence-corrected chi connectivity index (χ3v) is 2.90. The van der Waals surface area contributed by atoms with Crippen molar-refractivity contribution in [1.29, 1.82) is 0 Å². The molecular weight excluding hydrogens is 236 g/mol.